The molecule has 0 amide bonds. The number of aromatic nitrogens is 2. The number of benzene rings is 1. The van der Waals surface area contributed by atoms with Gasteiger partial charge in [0.2, 0.25) is 0 Å². The Morgan fingerprint density at radius 3 is 2.16 bits per heavy atom. The van der Waals surface area contributed by atoms with Crippen molar-refractivity contribution in [2.24, 2.45) is 0 Å². The predicted octanol–water partition coefficient (Wildman–Crippen LogP) is 5.34. The van der Waals surface area contributed by atoms with E-state index in [-0.39, 0.29) is 0 Å². The zero-order valence-electron chi connectivity index (χ0n) is 9.83. The maximum absolute atomic E-state index is 4.70. The molecule has 1 aromatic carbocycles. The first-order valence-corrected chi connectivity index (χ1v) is 8.76. The topological polar surface area (TPSA) is 25.8 Å². The lowest BCUT2D eigenvalue weighted by Crippen LogP contribution is -1.92. The average Bonchev–Trinajstić information content (AvgIpc) is 2.46. The fourth-order valence-corrected chi connectivity index (χ4v) is 3.24. The smallest absolute Gasteiger partial charge is 0.0979 e. The summed E-state index contributed by atoms with van der Waals surface area (Å²) in [5.41, 5.74) is 3.93. The Labute approximate surface area is 136 Å². The lowest BCUT2D eigenvalue weighted by Gasteiger charge is -2.07. The number of nitrogens with zero attached hydrogens (tertiary/aromatic N) is 2. The van der Waals surface area contributed by atoms with E-state index in [0.29, 0.717) is 0 Å². The molecule has 2 aromatic heterocycles. The Morgan fingerprint density at radius 1 is 0.842 bits per heavy atom. The van der Waals surface area contributed by atoms with Crippen LogP contribution in [0.3, 0.4) is 0 Å². The molecule has 0 radical (unpaired) electrons. The summed E-state index contributed by atoms with van der Waals surface area (Å²) in [6.07, 6.45) is 0. The zero-order chi connectivity index (χ0) is 13.4. The summed E-state index contributed by atoms with van der Waals surface area (Å²) in [4.78, 5) is 9.40. The van der Waals surface area contributed by atoms with E-state index in [1.165, 1.54) is 0 Å². The average molecular weight is 445 g/mol. The van der Waals surface area contributed by atoms with Gasteiger partial charge in [0.25, 0.3) is 0 Å². The van der Waals surface area contributed by atoms with E-state index >= 15 is 0 Å². The van der Waals surface area contributed by atoms with Crippen molar-refractivity contribution in [3.05, 3.63) is 46.2 Å². The standard InChI is InChI=1S/C14H9Br3N2/c15-6-9-2-1-8-5-12(17)11-4-3-10(7-16)19-14(11)13(8)18-9/h1-5H,6-7H2. The van der Waals surface area contributed by atoms with Gasteiger partial charge in [-0.2, -0.15) is 0 Å². The van der Waals surface area contributed by atoms with Gasteiger partial charge < -0.3 is 0 Å². The highest BCUT2D eigenvalue weighted by molar-refractivity contribution is 9.10. The van der Waals surface area contributed by atoms with Gasteiger partial charge in [-0.05, 0) is 24.3 Å². The van der Waals surface area contributed by atoms with E-state index in [1.54, 1.807) is 0 Å². The zero-order valence-corrected chi connectivity index (χ0v) is 14.6. The lowest BCUT2D eigenvalue weighted by atomic mass is 10.1. The van der Waals surface area contributed by atoms with Crippen LogP contribution in [0.15, 0.2) is 34.8 Å². The highest BCUT2D eigenvalue weighted by Crippen LogP contribution is 2.30. The van der Waals surface area contributed by atoms with Gasteiger partial charge in [-0.15, -0.1) is 0 Å². The number of pyridine rings is 2. The Hall–Kier alpha value is -0.520. The van der Waals surface area contributed by atoms with Gasteiger partial charge >= 0.3 is 0 Å². The summed E-state index contributed by atoms with van der Waals surface area (Å²) in [6.45, 7) is 0. The van der Waals surface area contributed by atoms with Gasteiger partial charge in [-0.25, -0.2) is 9.97 Å². The van der Waals surface area contributed by atoms with Crippen molar-refractivity contribution in [3.63, 3.8) is 0 Å². The van der Waals surface area contributed by atoms with Gasteiger partial charge in [0, 0.05) is 25.9 Å². The number of rotatable bonds is 2. The molecule has 0 atom stereocenters. The van der Waals surface area contributed by atoms with E-state index < -0.39 is 0 Å². The lowest BCUT2D eigenvalue weighted by molar-refractivity contribution is 1.21. The van der Waals surface area contributed by atoms with Crippen LogP contribution in [0.1, 0.15) is 11.4 Å². The molecule has 0 aliphatic heterocycles. The van der Waals surface area contributed by atoms with Crippen LogP contribution in [0.2, 0.25) is 0 Å². The van der Waals surface area contributed by atoms with Crippen molar-refractivity contribution >= 4 is 69.6 Å². The van der Waals surface area contributed by atoms with Crippen LogP contribution >= 0.6 is 47.8 Å². The second-order valence-electron chi connectivity index (χ2n) is 4.20. The molecule has 0 saturated heterocycles. The van der Waals surface area contributed by atoms with Gasteiger partial charge in [-0.1, -0.05) is 53.9 Å². The molecule has 3 aromatic rings. The quantitative estimate of drug-likeness (QED) is 0.394. The molecule has 3 rings (SSSR count). The fourth-order valence-electron chi connectivity index (χ4n) is 2.05. The van der Waals surface area contributed by atoms with Crippen LogP contribution in [-0.4, -0.2) is 9.97 Å². The minimum absolute atomic E-state index is 0.745. The van der Waals surface area contributed by atoms with E-state index in [4.69, 9.17) is 9.97 Å². The summed E-state index contributed by atoms with van der Waals surface area (Å²) in [5.74, 6) is 0. The minimum Gasteiger partial charge on any atom is -0.250 e. The fraction of sp³-hybridized carbons (Fsp3) is 0.143. The predicted molar refractivity (Wildman–Crippen MR) is 90.0 cm³/mol. The highest BCUT2D eigenvalue weighted by atomic mass is 79.9. The van der Waals surface area contributed by atoms with Crippen molar-refractivity contribution in [1.29, 1.82) is 0 Å². The Balaban J connectivity index is 2.46. The molecular weight excluding hydrogens is 436 g/mol. The number of alkyl halides is 2. The van der Waals surface area contributed by atoms with Gasteiger partial charge in [0.15, 0.2) is 0 Å². The van der Waals surface area contributed by atoms with Crippen molar-refractivity contribution in [3.8, 4) is 0 Å². The number of hydrogen-bond donors (Lipinski definition) is 0. The Bertz CT molecular complexity index is 771. The number of fused-ring (bicyclic) bond motifs is 3. The molecule has 96 valence electrons. The van der Waals surface area contributed by atoms with Crippen LogP contribution < -0.4 is 0 Å². The Morgan fingerprint density at radius 2 is 1.47 bits per heavy atom. The normalized spacial score (nSPS) is 11.3. The second kappa shape index (κ2) is 5.46. The van der Waals surface area contributed by atoms with Gasteiger partial charge in [0.1, 0.15) is 0 Å². The molecule has 2 nitrogen and oxygen atoms in total. The molecule has 0 aliphatic rings. The molecule has 0 unspecified atom stereocenters. The van der Waals surface area contributed by atoms with E-state index in [1.807, 2.05) is 12.1 Å². The van der Waals surface area contributed by atoms with Crippen molar-refractivity contribution in [1.82, 2.24) is 9.97 Å². The summed E-state index contributed by atoms with van der Waals surface area (Å²) in [5, 5.41) is 3.69. The SMILES string of the molecule is BrCc1ccc2cc(Br)c3ccc(CBr)nc3c2n1. The summed E-state index contributed by atoms with van der Waals surface area (Å²) >= 11 is 10.5. The first kappa shape index (κ1) is 13.5. The van der Waals surface area contributed by atoms with Gasteiger partial charge in [-0.3, -0.25) is 0 Å². The molecule has 0 N–H and O–H groups in total. The number of halogens is 3. The van der Waals surface area contributed by atoms with Crippen molar-refractivity contribution in [2.75, 3.05) is 0 Å². The van der Waals surface area contributed by atoms with Crippen molar-refractivity contribution < 1.29 is 0 Å². The molecule has 2 heterocycles. The highest BCUT2D eigenvalue weighted by Gasteiger charge is 2.09. The molecule has 19 heavy (non-hydrogen) atoms. The molecule has 0 spiro atoms. The third kappa shape index (κ3) is 2.43. The van der Waals surface area contributed by atoms with Crippen LogP contribution in [0, 0.1) is 0 Å². The summed E-state index contributed by atoms with van der Waals surface area (Å²) in [6, 6.07) is 10.3. The van der Waals surface area contributed by atoms with Crippen LogP contribution in [0.25, 0.3) is 21.8 Å². The second-order valence-corrected chi connectivity index (χ2v) is 6.17. The summed E-state index contributed by atoms with van der Waals surface area (Å²) in [7, 11) is 0. The third-order valence-electron chi connectivity index (χ3n) is 2.97. The molecule has 0 aliphatic carbocycles. The molecule has 0 bridgehead atoms. The van der Waals surface area contributed by atoms with Crippen LogP contribution in [0.5, 0.6) is 0 Å². The Kier molecular flexibility index (Phi) is 3.87. The van der Waals surface area contributed by atoms with Crippen LogP contribution in [-0.2, 0) is 10.7 Å². The van der Waals surface area contributed by atoms with E-state index in [2.05, 4.69) is 66.0 Å². The molecular formula is C14H9Br3N2. The molecule has 0 fully saturated rings. The molecule has 5 heteroatoms. The maximum atomic E-state index is 4.70. The maximum Gasteiger partial charge on any atom is 0.0979 e. The first-order chi connectivity index (χ1) is 9.22. The minimum atomic E-state index is 0.745. The van der Waals surface area contributed by atoms with E-state index in [0.717, 1.165) is 48.3 Å². The third-order valence-corrected chi connectivity index (χ3v) is 4.78. The van der Waals surface area contributed by atoms with Gasteiger partial charge in [0.05, 0.1) is 22.4 Å². The monoisotopic (exact) mass is 442 g/mol. The largest absolute Gasteiger partial charge is 0.250 e. The number of hydrogen-bond acceptors (Lipinski definition) is 2. The van der Waals surface area contributed by atoms with Crippen LogP contribution in [0.4, 0.5) is 0 Å². The van der Waals surface area contributed by atoms with Crippen molar-refractivity contribution in [2.45, 2.75) is 10.7 Å². The van der Waals surface area contributed by atoms with E-state index in [9.17, 15) is 0 Å². The molecule has 0 saturated carbocycles. The summed E-state index contributed by atoms with van der Waals surface area (Å²) < 4.78 is 1.05. The first-order valence-electron chi connectivity index (χ1n) is 5.72.